The monoisotopic (exact) mass is 349 g/mol. The molecule has 4 nitrogen and oxygen atoms in total. The number of ether oxygens (including phenoxy) is 1. The predicted octanol–water partition coefficient (Wildman–Crippen LogP) is 3.22. The molecule has 0 saturated heterocycles. The Morgan fingerprint density at radius 2 is 2.05 bits per heavy atom. The number of rotatable bonds is 5. The Morgan fingerprint density at radius 1 is 1.29 bits per heavy atom. The topological polar surface area (TPSA) is 60.2 Å². The molecule has 1 aromatic carbocycles. The Hall–Kier alpha value is -1.43. The van der Waals surface area contributed by atoms with Crippen LogP contribution in [0.2, 0.25) is 0 Å². The van der Waals surface area contributed by atoms with E-state index in [1.165, 1.54) is 0 Å². The Morgan fingerprint density at radius 3 is 2.67 bits per heavy atom. The van der Waals surface area contributed by atoms with Crippen LogP contribution in [-0.2, 0) is 6.42 Å². The molecule has 0 saturated carbocycles. The smallest absolute Gasteiger partial charge is 0.122 e. The summed E-state index contributed by atoms with van der Waals surface area (Å²) in [5, 5.41) is 0. The van der Waals surface area contributed by atoms with E-state index in [0.29, 0.717) is 0 Å². The molecule has 2 aromatic rings. The van der Waals surface area contributed by atoms with Crippen molar-refractivity contribution < 1.29 is 4.74 Å². The number of aryl methyl sites for hydroxylation is 2. The summed E-state index contributed by atoms with van der Waals surface area (Å²) in [6, 6.07) is 10.0. The largest absolute Gasteiger partial charge is 0.496 e. The van der Waals surface area contributed by atoms with Crippen LogP contribution in [0.15, 0.2) is 34.8 Å². The van der Waals surface area contributed by atoms with Gasteiger partial charge in [-0.25, -0.2) is 0 Å². The van der Waals surface area contributed by atoms with E-state index in [0.717, 1.165) is 39.2 Å². The fraction of sp³-hybridized carbons (Fsp3) is 0.312. The number of halogens is 1. The molecule has 0 amide bonds. The van der Waals surface area contributed by atoms with Crippen LogP contribution in [0.1, 0.15) is 28.6 Å². The van der Waals surface area contributed by atoms with Crippen LogP contribution in [0.3, 0.4) is 0 Å². The lowest BCUT2D eigenvalue weighted by Crippen LogP contribution is -2.30. The number of nitrogens with zero attached hydrogens (tertiary/aromatic N) is 1. The Bertz CT molecular complexity index is 631. The normalized spacial score (nSPS) is 12.2. The number of hydrogen-bond acceptors (Lipinski definition) is 4. The lowest BCUT2D eigenvalue weighted by molar-refractivity contribution is 0.405. The van der Waals surface area contributed by atoms with Gasteiger partial charge in [-0.15, -0.1) is 0 Å². The summed E-state index contributed by atoms with van der Waals surface area (Å²) in [7, 11) is 1.68. The van der Waals surface area contributed by atoms with Crippen LogP contribution < -0.4 is 16.0 Å². The quantitative estimate of drug-likeness (QED) is 0.642. The van der Waals surface area contributed by atoms with Crippen LogP contribution in [0.25, 0.3) is 0 Å². The average molecular weight is 350 g/mol. The van der Waals surface area contributed by atoms with Gasteiger partial charge in [0, 0.05) is 15.9 Å². The molecule has 3 N–H and O–H groups in total. The summed E-state index contributed by atoms with van der Waals surface area (Å²) in [6.45, 7) is 3.99. The van der Waals surface area contributed by atoms with Gasteiger partial charge in [-0.3, -0.25) is 16.3 Å². The fourth-order valence-electron chi connectivity index (χ4n) is 2.45. The SMILES string of the molecule is COc1ccc(Br)cc1CC(NN)c1ccc(C)nc1C. The number of methoxy groups -OCH3 is 1. The molecule has 1 atom stereocenters. The maximum absolute atomic E-state index is 5.76. The molecule has 0 aliphatic carbocycles. The molecule has 2 rings (SSSR count). The highest BCUT2D eigenvalue weighted by Gasteiger charge is 2.16. The summed E-state index contributed by atoms with van der Waals surface area (Å²) in [4.78, 5) is 4.51. The van der Waals surface area contributed by atoms with Crippen molar-refractivity contribution in [3.8, 4) is 5.75 Å². The van der Waals surface area contributed by atoms with Crippen molar-refractivity contribution in [3.63, 3.8) is 0 Å². The molecule has 0 aliphatic heterocycles. The highest BCUT2D eigenvalue weighted by Crippen LogP contribution is 2.28. The third-order valence-electron chi connectivity index (χ3n) is 3.51. The molecule has 0 spiro atoms. The van der Waals surface area contributed by atoms with E-state index in [9.17, 15) is 0 Å². The Labute approximate surface area is 133 Å². The van der Waals surface area contributed by atoms with E-state index >= 15 is 0 Å². The first-order valence-corrected chi connectivity index (χ1v) is 7.57. The fourth-order valence-corrected chi connectivity index (χ4v) is 2.86. The number of hydrazine groups is 1. The molecular formula is C16H20BrN3O. The molecule has 112 valence electrons. The van der Waals surface area contributed by atoms with Gasteiger partial charge in [0.05, 0.1) is 13.2 Å². The van der Waals surface area contributed by atoms with Crippen LogP contribution >= 0.6 is 15.9 Å². The van der Waals surface area contributed by atoms with E-state index in [-0.39, 0.29) is 6.04 Å². The van der Waals surface area contributed by atoms with Gasteiger partial charge < -0.3 is 4.74 Å². The average Bonchev–Trinajstić information content (AvgIpc) is 2.45. The zero-order chi connectivity index (χ0) is 15.4. The lowest BCUT2D eigenvalue weighted by atomic mass is 9.97. The van der Waals surface area contributed by atoms with Gasteiger partial charge in [-0.05, 0) is 55.7 Å². The van der Waals surface area contributed by atoms with Gasteiger partial charge in [0.25, 0.3) is 0 Å². The minimum atomic E-state index is -0.0127. The van der Waals surface area contributed by atoms with Crippen molar-refractivity contribution >= 4 is 15.9 Å². The highest BCUT2D eigenvalue weighted by molar-refractivity contribution is 9.10. The summed E-state index contributed by atoms with van der Waals surface area (Å²) in [6.07, 6.45) is 0.727. The van der Waals surface area contributed by atoms with E-state index in [1.807, 2.05) is 32.0 Å². The van der Waals surface area contributed by atoms with Gasteiger partial charge in [-0.1, -0.05) is 22.0 Å². The summed E-state index contributed by atoms with van der Waals surface area (Å²) < 4.78 is 6.45. The van der Waals surface area contributed by atoms with Crippen LogP contribution in [0.5, 0.6) is 5.75 Å². The molecule has 1 heterocycles. The second-order valence-electron chi connectivity index (χ2n) is 5.01. The van der Waals surface area contributed by atoms with Crippen molar-refractivity contribution in [1.82, 2.24) is 10.4 Å². The van der Waals surface area contributed by atoms with Gasteiger partial charge in [0.1, 0.15) is 5.75 Å². The van der Waals surface area contributed by atoms with E-state index < -0.39 is 0 Å². The molecule has 1 unspecified atom stereocenters. The molecule has 1 aromatic heterocycles. The molecule has 0 aliphatic rings. The number of benzene rings is 1. The zero-order valence-electron chi connectivity index (χ0n) is 12.5. The summed E-state index contributed by atoms with van der Waals surface area (Å²) in [5.41, 5.74) is 7.08. The van der Waals surface area contributed by atoms with Gasteiger partial charge in [-0.2, -0.15) is 0 Å². The van der Waals surface area contributed by atoms with E-state index in [2.05, 4.69) is 38.5 Å². The van der Waals surface area contributed by atoms with Crippen molar-refractivity contribution in [1.29, 1.82) is 0 Å². The van der Waals surface area contributed by atoms with Gasteiger partial charge >= 0.3 is 0 Å². The zero-order valence-corrected chi connectivity index (χ0v) is 14.1. The number of nitrogens with one attached hydrogen (secondary N) is 1. The lowest BCUT2D eigenvalue weighted by Gasteiger charge is -2.20. The van der Waals surface area contributed by atoms with Gasteiger partial charge in [0.2, 0.25) is 0 Å². The minimum absolute atomic E-state index is 0.0127. The van der Waals surface area contributed by atoms with Crippen molar-refractivity contribution in [2.75, 3.05) is 7.11 Å². The second-order valence-corrected chi connectivity index (χ2v) is 5.92. The second kappa shape index (κ2) is 7.02. The predicted molar refractivity (Wildman–Crippen MR) is 88.2 cm³/mol. The Balaban J connectivity index is 2.33. The molecule has 0 radical (unpaired) electrons. The first kappa shape index (κ1) is 15.9. The number of pyridine rings is 1. The third-order valence-corrected chi connectivity index (χ3v) is 4.00. The first-order valence-electron chi connectivity index (χ1n) is 6.78. The van der Waals surface area contributed by atoms with Crippen LogP contribution in [0, 0.1) is 13.8 Å². The van der Waals surface area contributed by atoms with Crippen molar-refractivity contribution in [3.05, 3.63) is 57.3 Å². The minimum Gasteiger partial charge on any atom is -0.496 e. The molecule has 0 bridgehead atoms. The van der Waals surface area contributed by atoms with Crippen molar-refractivity contribution in [2.45, 2.75) is 26.3 Å². The molecule has 21 heavy (non-hydrogen) atoms. The van der Waals surface area contributed by atoms with E-state index in [4.69, 9.17) is 10.6 Å². The summed E-state index contributed by atoms with van der Waals surface area (Å²) >= 11 is 3.50. The number of aromatic nitrogens is 1. The first-order chi connectivity index (χ1) is 10.0. The number of nitrogens with two attached hydrogens (primary N) is 1. The van der Waals surface area contributed by atoms with Gasteiger partial charge in [0.15, 0.2) is 0 Å². The number of hydrogen-bond donors (Lipinski definition) is 2. The standard InChI is InChI=1S/C16H20BrN3O/c1-10-4-6-14(11(2)19-10)15(20-18)9-12-8-13(17)5-7-16(12)21-3/h4-8,15,20H,9,18H2,1-3H3. The molecular weight excluding hydrogens is 330 g/mol. The highest BCUT2D eigenvalue weighted by atomic mass is 79.9. The summed E-state index contributed by atoms with van der Waals surface area (Å²) in [5.74, 6) is 6.62. The van der Waals surface area contributed by atoms with E-state index in [1.54, 1.807) is 7.11 Å². The molecule has 5 heteroatoms. The molecule has 0 fully saturated rings. The van der Waals surface area contributed by atoms with Crippen molar-refractivity contribution in [2.24, 2.45) is 5.84 Å². The third kappa shape index (κ3) is 3.81. The van der Waals surface area contributed by atoms with Crippen LogP contribution in [0.4, 0.5) is 0 Å². The maximum atomic E-state index is 5.76. The Kier molecular flexibility index (Phi) is 5.33. The van der Waals surface area contributed by atoms with Crippen LogP contribution in [-0.4, -0.2) is 12.1 Å². The maximum Gasteiger partial charge on any atom is 0.122 e.